The van der Waals surface area contributed by atoms with Gasteiger partial charge in [-0.15, -0.1) is 0 Å². The highest BCUT2D eigenvalue weighted by atomic mass is 16.4. The monoisotopic (exact) mass is 314 g/mol. The summed E-state index contributed by atoms with van der Waals surface area (Å²) in [5.41, 5.74) is 3.82. The highest BCUT2D eigenvalue weighted by Crippen LogP contribution is 2.26. The van der Waals surface area contributed by atoms with Gasteiger partial charge in [-0.3, -0.25) is 9.59 Å². The van der Waals surface area contributed by atoms with Gasteiger partial charge in [0.2, 0.25) is 0 Å². The molecule has 1 amide bonds. The second-order valence-electron chi connectivity index (χ2n) is 6.74. The molecule has 1 aromatic heterocycles. The number of aromatic amines is 1. The molecule has 1 fully saturated rings. The van der Waals surface area contributed by atoms with Gasteiger partial charge in [-0.25, -0.2) is 0 Å². The molecule has 0 radical (unpaired) electrons. The molecule has 0 aliphatic carbocycles. The van der Waals surface area contributed by atoms with E-state index in [-0.39, 0.29) is 18.4 Å². The average molecular weight is 314 g/mol. The van der Waals surface area contributed by atoms with Gasteiger partial charge < -0.3 is 15.0 Å². The number of likely N-dealkylation sites (tertiary alicyclic amines) is 1. The van der Waals surface area contributed by atoms with Crippen LogP contribution in [0.5, 0.6) is 0 Å². The maximum Gasteiger partial charge on any atom is 0.308 e. The van der Waals surface area contributed by atoms with Gasteiger partial charge in [-0.2, -0.15) is 0 Å². The lowest BCUT2D eigenvalue weighted by Crippen LogP contribution is -2.45. The SMILES string of the molecule is Cc1ccc2[nH]c(C(=O)N3CC(C)CC(C(=O)O)C3)cc2c1C. The van der Waals surface area contributed by atoms with Gasteiger partial charge in [0.1, 0.15) is 5.69 Å². The smallest absolute Gasteiger partial charge is 0.308 e. The number of nitrogens with one attached hydrogen (secondary N) is 1. The van der Waals surface area contributed by atoms with E-state index in [1.807, 2.05) is 39.0 Å². The van der Waals surface area contributed by atoms with Crippen LogP contribution in [0.4, 0.5) is 0 Å². The first-order valence-electron chi connectivity index (χ1n) is 7.97. The van der Waals surface area contributed by atoms with E-state index < -0.39 is 11.9 Å². The molecule has 3 rings (SSSR count). The summed E-state index contributed by atoms with van der Waals surface area (Å²) in [7, 11) is 0. The van der Waals surface area contributed by atoms with E-state index in [0.29, 0.717) is 18.7 Å². The quantitative estimate of drug-likeness (QED) is 0.895. The van der Waals surface area contributed by atoms with Gasteiger partial charge in [-0.1, -0.05) is 13.0 Å². The van der Waals surface area contributed by atoms with E-state index in [1.165, 1.54) is 5.56 Å². The van der Waals surface area contributed by atoms with Crippen molar-refractivity contribution in [1.82, 2.24) is 9.88 Å². The van der Waals surface area contributed by atoms with Crippen LogP contribution in [0.25, 0.3) is 10.9 Å². The molecule has 23 heavy (non-hydrogen) atoms. The lowest BCUT2D eigenvalue weighted by molar-refractivity contribution is -0.143. The van der Waals surface area contributed by atoms with Crippen LogP contribution in [0.2, 0.25) is 0 Å². The van der Waals surface area contributed by atoms with Gasteiger partial charge in [0.05, 0.1) is 5.92 Å². The molecule has 1 aromatic carbocycles. The predicted molar refractivity (Wildman–Crippen MR) is 88.6 cm³/mol. The lowest BCUT2D eigenvalue weighted by atomic mass is 9.90. The number of carboxylic acids is 1. The third kappa shape index (κ3) is 2.83. The third-order valence-electron chi connectivity index (χ3n) is 4.87. The van der Waals surface area contributed by atoms with Crippen molar-refractivity contribution in [3.05, 3.63) is 35.0 Å². The third-order valence-corrected chi connectivity index (χ3v) is 4.87. The Morgan fingerprint density at radius 1 is 1.26 bits per heavy atom. The Morgan fingerprint density at radius 2 is 2.00 bits per heavy atom. The number of piperidine rings is 1. The number of aryl methyl sites for hydroxylation is 2. The summed E-state index contributed by atoms with van der Waals surface area (Å²) in [6, 6.07) is 5.90. The number of carboxylic acid groups (broad SMARTS) is 1. The number of rotatable bonds is 2. The van der Waals surface area contributed by atoms with Crippen molar-refractivity contribution in [3.8, 4) is 0 Å². The molecule has 1 aliphatic heterocycles. The number of fused-ring (bicyclic) bond motifs is 1. The number of H-pyrrole nitrogens is 1. The number of nitrogens with zero attached hydrogens (tertiary/aromatic N) is 1. The number of aliphatic carboxylic acids is 1. The number of benzene rings is 1. The zero-order chi connectivity index (χ0) is 16.7. The van der Waals surface area contributed by atoms with Crippen molar-refractivity contribution in [1.29, 1.82) is 0 Å². The fraction of sp³-hybridized carbons (Fsp3) is 0.444. The molecular formula is C18H22N2O3. The minimum atomic E-state index is -0.822. The van der Waals surface area contributed by atoms with Crippen molar-refractivity contribution in [3.63, 3.8) is 0 Å². The van der Waals surface area contributed by atoms with Crippen molar-refractivity contribution < 1.29 is 14.7 Å². The number of carbonyl (C=O) groups excluding carboxylic acids is 1. The average Bonchev–Trinajstić information content (AvgIpc) is 2.94. The van der Waals surface area contributed by atoms with Crippen molar-refractivity contribution in [2.45, 2.75) is 27.2 Å². The molecule has 5 heteroatoms. The maximum atomic E-state index is 12.8. The summed E-state index contributed by atoms with van der Waals surface area (Å²) < 4.78 is 0. The van der Waals surface area contributed by atoms with E-state index in [1.54, 1.807) is 4.90 Å². The Balaban J connectivity index is 1.90. The molecule has 0 saturated carbocycles. The summed E-state index contributed by atoms with van der Waals surface area (Å²) in [4.78, 5) is 28.9. The molecule has 0 spiro atoms. The van der Waals surface area contributed by atoms with Crippen LogP contribution in [0.15, 0.2) is 18.2 Å². The van der Waals surface area contributed by atoms with E-state index in [4.69, 9.17) is 0 Å². The second-order valence-corrected chi connectivity index (χ2v) is 6.74. The van der Waals surface area contributed by atoms with Crippen LogP contribution < -0.4 is 0 Å². The minimum absolute atomic E-state index is 0.115. The standard InChI is InChI=1S/C18H22N2O3/c1-10-6-13(18(22)23)9-20(8-10)17(21)16-7-14-12(3)11(2)4-5-15(14)19-16/h4-5,7,10,13,19H,6,8-9H2,1-3H3,(H,22,23). The topological polar surface area (TPSA) is 73.4 Å². The molecule has 2 atom stereocenters. The number of aromatic nitrogens is 1. The van der Waals surface area contributed by atoms with Crippen LogP contribution in [-0.4, -0.2) is 40.0 Å². The Kier molecular flexibility index (Phi) is 3.88. The van der Waals surface area contributed by atoms with Crippen LogP contribution >= 0.6 is 0 Å². The molecule has 0 bridgehead atoms. The van der Waals surface area contributed by atoms with Crippen molar-refractivity contribution in [2.24, 2.45) is 11.8 Å². The van der Waals surface area contributed by atoms with Crippen molar-refractivity contribution >= 4 is 22.8 Å². The van der Waals surface area contributed by atoms with Gasteiger partial charge >= 0.3 is 5.97 Å². The molecular weight excluding hydrogens is 292 g/mol. The van der Waals surface area contributed by atoms with E-state index in [2.05, 4.69) is 4.98 Å². The highest BCUT2D eigenvalue weighted by Gasteiger charge is 2.32. The summed E-state index contributed by atoms with van der Waals surface area (Å²) in [6.45, 7) is 6.98. The van der Waals surface area contributed by atoms with E-state index in [0.717, 1.165) is 16.5 Å². The molecule has 2 N–H and O–H groups in total. The zero-order valence-corrected chi connectivity index (χ0v) is 13.7. The molecule has 1 saturated heterocycles. The Bertz CT molecular complexity index is 778. The van der Waals surface area contributed by atoms with E-state index in [9.17, 15) is 14.7 Å². The summed E-state index contributed by atoms with van der Waals surface area (Å²) in [6.07, 6.45) is 0.629. The van der Waals surface area contributed by atoms with E-state index >= 15 is 0 Å². The Hall–Kier alpha value is -2.30. The van der Waals surface area contributed by atoms with Gasteiger partial charge in [0, 0.05) is 24.0 Å². The maximum absolute atomic E-state index is 12.8. The van der Waals surface area contributed by atoms with Gasteiger partial charge in [0.15, 0.2) is 0 Å². The molecule has 2 unspecified atom stereocenters. The largest absolute Gasteiger partial charge is 0.481 e. The number of hydrogen-bond acceptors (Lipinski definition) is 2. The molecule has 2 heterocycles. The minimum Gasteiger partial charge on any atom is -0.481 e. The fourth-order valence-corrected chi connectivity index (χ4v) is 3.44. The molecule has 5 nitrogen and oxygen atoms in total. The summed E-state index contributed by atoms with van der Waals surface area (Å²) in [5, 5.41) is 10.3. The first-order valence-corrected chi connectivity index (χ1v) is 7.97. The van der Waals surface area contributed by atoms with Gasteiger partial charge in [-0.05, 0) is 49.4 Å². The predicted octanol–water partition coefficient (Wildman–Crippen LogP) is 2.97. The van der Waals surface area contributed by atoms with Crippen LogP contribution in [0.1, 0.15) is 35.0 Å². The summed E-state index contributed by atoms with van der Waals surface area (Å²) >= 11 is 0. The van der Waals surface area contributed by atoms with Gasteiger partial charge in [0.25, 0.3) is 5.91 Å². The molecule has 122 valence electrons. The highest BCUT2D eigenvalue weighted by molar-refractivity contribution is 5.99. The van der Waals surface area contributed by atoms with Crippen molar-refractivity contribution in [2.75, 3.05) is 13.1 Å². The lowest BCUT2D eigenvalue weighted by Gasteiger charge is -2.34. The molecule has 2 aromatic rings. The summed E-state index contributed by atoms with van der Waals surface area (Å²) in [5.74, 6) is -1.22. The van der Waals surface area contributed by atoms with Crippen LogP contribution in [0, 0.1) is 25.7 Å². The molecule has 1 aliphatic rings. The fourth-order valence-electron chi connectivity index (χ4n) is 3.44. The second kappa shape index (κ2) is 5.72. The zero-order valence-electron chi connectivity index (χ0n) is 13.7. The first-order chi connectivity index (χ1) is 10.9. The normalized spacial score (nSPS) is 21.6. The van der Waals surface area contributed by atoms with Crippen LogP contribution in [0.3, 0.4) is 0 Å². The Morgan fingerprint density at radius 3 is 2.70 bits per heavy atom. The number of amides is 1. The number of carbonyl (C=O) groups is 2. The first kappa shape index (κ1) is 15.6. The number of hydrogen-bond donors (Lipinski definition) is 2. The Labute approximate surface area is 135 Å². The van der Waals surface area contributed by atoms with Crippen LogP contribution in [-0.2, 0) is 4.79 Å².